The maximum atomic E-state index is 11.6. The van der Waals surface area contributed by atoms with E-state index >= 15 is 0 Å². The number of hydrogen-bond acceptors (Lipinski definition) is 3. The summed E-state index contributed by atoms with van der Waals surface area (Å²) < 4.78 is 0. The number of carbonyl (C=O) groups is 2. The van der Waals surface area contributed by atoms with Crippen molar-refractivity contribution in [3.8, 4) is 0 Å². The van der Waals surface area contributed by atoms with E-state index in [9.17, 15) is 9.59 Å². The van der Waals surface area contributed by atoms with Gasteiger partial charge in [-0.2, -0.15) is 0 Å². The fourth-order valence-corrected chi connectivity index (χ4v) is 1.67. The van der Waals surface area contributed by atoms with Gasteiger partial charge in [-0.15, -0.1) is 0 Å². The zero-order valence-corrected chi connectivity index (χ0v) is 10.1. The maximum absolute atomic E-state index is 11.6. The molecular weight excluding hydrogens is 234 g/mol. The number of aryl methyl sites for hydroxylation is 1. The Hall–Kier alpha value is -2.11. The number of aromatic nitrogens is 1. The molecule has 3 N–H and O–H groups in total. The molecule has 0 spiro atoms. The third-order valence-electron chi connectivity index (χ3n) is 3.03. The van der Waals surface area contributed by atoms with E-state index in [0.717, 1.165) is 5.56 Å². The molecule has 1 aromatic rings. The molecule has 0 aromatic carbocycles. The number of carboxylic acid groups (broad SMARTS) is 1. The Morgan fingerprint density at radius 2 is 2.17 bits per heavy atom. The number of nitrogens with zero attached hydrogens (tertiary/aromatic N) is 1. The average Bonchev–Trinajstić information content (AvgIpc) is 3.07. The molecule has 1 fully saturated rings. The van der Waals surface area contributed by atoms with Crippen molar-refractivity contribution >= 4 is 17.7 Å². The summed E-state index contributed by atoms with van der Waals surface area (Å²) in [7, 11) is 0. The highest BCUT2D eigenvalue weighted by atomic mass is 16.4. The molecule has 0 aliphatic heterocycles. The summed E-state index contributed by atoms with van der Waals surface area (Å²) in [5, 5.41) is 14.2. The molecule has 1 saturated carbocycles. The van der Waals surface area contributed by atoms with Crippen LogP contribution in [0.1, 0.15) is 18.4 Å². The molecule has 1 aliphatic carbocycles. The predicted molar refractivity (Wildman–Crippen MR) is 65.3 cm³/mol. The molecule has 6 heteroatoms. The summed E-state index contributed by atoms with van der Waals surface area (Å²) in [5.41, 5.74) is 0.784. The van der Waals surface area contributed by atoms with Crippen molar-refractivity contribution < 1.29 is 14.7 Å². The monoisotopic (exact) mass is 249 g/mol. The van der Waals surface area contributed by atoms with Crippen molar-refractivity contribution in [2.45, 2.75) is 19.8 Å². The molecule has 2 amide bonds. The first-order valence-corrected chi connectivity index (χ1v) is 5.72. The molecule has 6 nitrogen and oxygen atoms in total. The smallest absolute Gasteiger partial charge is 0.319 e. The standard InChI is InChI=1S/C12H15N3O3/c1-8-4-9(6-13-5-8)15-11(18)14-7-12(2-3-12)10(16)17/h4-6H,2-3,7H2,1H3,(H,16,17)(H2,14,15,18). The highest BCUT2D eigenvalue weighted by Gasteiger charge is 2.50. The zero-order valence-electron chi connectivity index (χ0n) is 10.1. The first-order chi connectivity index (χ1) is 8.52. The van der Waals surface area contributed by atoms with Gasteiger partial charge in [0.05, 0.1) is 17.3 Å². The van der Waals surface area contributed by atoms with Crippen LogP contribution in [0.4, 0.5) is 10.5 Å². The minimum Gasteiger partial charge on any atom is -0.481 e. The van der Waals surface area contributed by atoms with Gasteiger partial charge < -0.3 is 15.7 Å². The van der Waals surface area contributed by atoms with E-state index in [4.69, 9.17) is 5.11 Å². The van der Waals surface area contributed by atoms with E-state index in [0.29, 0.717) is 18.5 Å². The van der Waals surface area contributed by atoms with E-state index in [-0.39, 0.29) is 6.54 Å². The van der Waals surface area contributed by atoms with E-state index < -0.39 is 17.4 Å². The number of pyridine rings is 1. The number of carbonyl (C=O) groups excluding carboxylic acids is 1. The van der Waals surface area contributed by atoms with E-state index in [1.807, 2.05) is 6.92 Å². The van der Waals surface area contributed by atoms with E-state index in [1.54, 1.807) is 12.3 Å². The second-order valence-corrected chi connectivity index (χ2v) is 4.64. The Morgan fingerprint density at radius 3 is 2.72 bits per heavy atom. The van der Waals surface area contributed by atoms with Gasteiger partial charge in [-0.1, -0.05) is 0 Å². The number of amides is 2. The van der Waals surface area contributed by atoms with Gasteiger partial charge in [0, 0.05) is 12.7 Å². The fourth-order valence-electron chi connectivity index (χ4n) is 1.67. The van der Waals surface area contributed by atoms with Crippen molar-refractivity contribution in [1.29, 1.82) is 0 Å². The molecule has 0 bridgehead atoms. The molecule has 1 aromatic heterocycles. The summed E-state index contributed by atoms with van der Waals surface area (Å²) in [5.74, 6) is -0.847. The number of aliphatic carboxylic acids is 1. The first kappa shape index (κ1) is 12.3. The minimum atomic E-state index is -0.847. The normalized spacial score (nSPS) is 15.8. The largest absolute Gasteiger partial charge is 0.481 e. The maximum Gasteiger partial charge on any atom is 0.319 e. The number of hydrogen-bond donors (Lipinski definition) is 3. The minimum absolute atomic E-state index is 0.160. The lowest BCUT2D eigenvalue weighted by Gasteiger charge is -2.12. The molecular formula is C12H15N3O3. The average molecular weight is 249 g/mol. The van der Waals surface area contributed by atoms with Crippen LogP contribution in [0.3, 0.4) is 0 Å². The van der Waals surface area contributed by atoms with Crippen molar-refractivity contribution in [3.63, 3.8) is 0 Å². The highest BCUT2D eigenvalue weighted by molar-refractivity contribution is 5.89. The van der Waals surface area contributed by atoms with Gasteiger partial charge in [0.1, 0.15) is 0 Å². The van der Waals surface area contributed by atoms with Gasteiger partial charge >= 0.3 is 12.0 Å². The second-order valence-electron chi connectivity index (χ2n) is 4.64. The summed E-state index contributed by atoms with van der Waals surface area (Å²) in [4.78, 5) is 26.4. The van der Waals surface area contributed by atoms with Crippen LogP contribution < -0.4 is 10.6 Å². The van der Waals surface area contributed by atoms with E-state index in [1.165, 1.54) is 6.20 Å². The SMILES string of the molecule is Cc1cncc(NC(=O)NCC2(C(=O)O)CC2)c1. The molecule has 18 heavy (non-hydrogen) atoms. The summed E-state index contributed by atoms with van der Waals surface area (Å²) >= 11 is 0. The first-order valence-electron chi connectivity index (χ1n) is 5.72. The van der Waals surface area contributed by atoms with Gasteiger partial charge in [-0.05, 0) is 31.4 Å². The third-order valence-corrected chi connectivity index (χ3v) is 3.03. The molecule has 0 radical (unpaired) electrons. The lowest BCUT2D eigenvalue weighted by atomic mass is 10.1. The molecule has 0 saturated heterocycles. The summed E-state index contributed by atoms with van der Waals surface area (Å²) in [6.45, 7) is 2.03. The van der Waals surface area contributed by atoms with Crippen LogP contribution in [-0.2, 0) is 4.79 Å². The third kappa shape index (κ3) is 2.77. The molecule has 0 unspecified atom stereocenters. The Kier molecular flexibility index (Phi) is 3.18. The molecule has 0 atom stereocenters. The quantitative estimate of drug-likeness (QED) is 0.751. The van der Waals surface area contributed by atoms with Crippen LogP contribution in [0, 0.1) is 12.3 Å². The van der Waals surface area contributed by atoms with Crippen LogP contribution in [0.2, 0.25) is 0 Å². The van der Waals surface area contributed by atoms with Crippen molar-refractivity contribution in [1.82, 2.24) is 10.3 Å². The number of anilines is 1. The van der Waals surface area contributed by atoms with Gasteiger partial charge in [0.15, 0.2) is 0 Å². The second kappa shape index (κ2) is 4.64. The Bertz CT molecular complexity index is 483. The zero-order chi connectivity index (χ0) is 13.2. The van der Waals surface area contributed by atoms with Crippen LogP contribution in [0.15, 0.2) is 18.5 Å². The summed E-state index contributed by atoms with van der Waals surface area (Å²) in [6, 6.07) is 1.38. The van der Waals surface area contributed by atoms with Gasteiger partial charge in [0.2, 0.25) is 0 Å². The van der Waals surface area contributed by atoms with Crippen LogP contribution in [0.5, 0.6) is 0 Å². The van der Waals surface area contributed by atoms with Crippen molar-refractivity contribution in [2.24, 2.45) is 5.41 Å². The molecule has 1 heterocycles. The van der Waals surface area contributed by atoms with Gasteiger partial charge in [-0.3, -0.25) is 9.78 Å². The van der Waals surface area contributed by atoms with Crippen molar-refractivity contribution in [2.75, 3.05) is 11.9 Å². The van der Waals surface area contributed by atoms with Crippen LogP contribution in [-0.4, -0.2) is 28.6 Å². The number of rotatable bonds is 4. The van der Waals surface area contributed by atoms with Gasteiger partial charge in [-0.25, -0.2) is 4.79 Å². The molecule has 2 rings (SSSR count). The highest BCUT2D eigenvalue weighted by Crippen LogP contribution is 2.45. The lowest BCUT2D eigenvalue weighted by Crippen LogP contribution is -2.36. The Balaban J connectivity index is 1.84. The fraction of sp³-hybridized carbons (Fsp3) is 0.417. The Morgan fingerprint density at radius 1 is 1.44 bits per heavy atom. The van der Waals surface area contributed by atoms with Crippen LogP contribution >= 0.6 is 0 Å². The predicted octanol–water partition coefficient (Wildman–Crippen LogP) is 1.38. The Labute approximate surface area is 104 Å². The van der Waals surface area contributed by atoms with Crippen LogP contribution in [0.25, 0.3) is 0 Å². The topological polar surface area (TPSA) is 91.3 Å². The number of urea groups is 1. The number of nitrogens with one attached hydrogen (secondary N) is 2. The molecule has 96 valence electrons. The summed E-state index contributed by atoms with van der Waals surface area (Å²) in [6.07, 6.45) is 4.46. The lowest BCUT2D eigenvalue weighted by molar-refractivity contribution is -0.143. The van der Waals surface area contributed by atoms with E-state index in [2.05, 4.69) is 15.6 Å². The van der Waals surface area contributed by atoms with Gasteiger partial charge in [0.25, 0.3) is 0 Å². The molecule has 1 aliphatic rings. The number of carboxylic acids is 1. The van der Waals surface area contributed by atoms with Crippen molar-refractivity contribution in [3.05, 3.63) is 24.0 Å².